The van der Waals surface area contributed by atoms with Crippen LogP contribution in [0.15, 0.2) is 18.2 Å². The predicted molar refractivity (Wildman–Crippen MR) is 62.4 cm³/mol. The van der Waals surface area contributed by atoms with Gasteiger partial charge < -0.3 is 10.2 Å². The first-order chi connectivity index (χ1) is 8.29. The largest absolute Gasteiger partial charge is 0.494 e. The van der Waals surface area contributed by atoms with Crippen molar-refractivity contribution in [1.82, 2.24) is 9.38 Å². The molecule has 0 spiro atoms. The van der Waals surface area contributed by atoms with Crippen LogP contribution >= 0.6 is 0 Å². The lowest BCUT2D eigenvalue weighted by molar-refractivity contribution is 0.0693. The van der Waals surface area contributed by atoms with Gasteiger partial charge in [0.1, 0.15) is 11.6 Å². The van der Waals surface area contributed by atoms with E-state index in [0.717, 1.165) is 10.7 Å². The predicted octanol–water partition coefficient (Wildman–Crippen LogP) is 0.283. The van der Waals surface area contributed by atoms with Gasteiger partial charge in [0.2, 0.25) is 0 Å². The van der Waals surface area contributed by atoms with E-state index in [4.69, 9.17) is 5.11 Å². The molecular weight excluding hydrogens is 260 g/mol. The van der Waals surface area contributed by atoms with Gasteiger partial charge in [-0.15, -0.1) is 0 Å². The Kier molecular flexibility index (Phi) is 2.74. The van der Waals surface area contributed by atoms with Crippen LogP contribution < -0.4 is 0 Å². The highest BCUT2D eigenvalue weighted by atomic mass is 32.2. The number of imidazole rings is 1. The molecule has 8 heteroatoms. The van der Waals surface area contributed by atoms with E-state index in [-0.39, 0.29) is 22.9 Å². The van der Waals surface area contributed by atoms with Crippen LogP contribution in [0.2, 0.25) is 0 Å². The molecule has 0 fully saturated rings. The number of aromatic hydroxyl groups is 1. The number of nitrogens with zero attached hydrogens (tertiary/aromatic N) is 2. The summed E-state index contributed by atoms with van der Waals surface area (Å²) in [4.78, 5) is 14.8. The van der Waals surface area contributed by atoms with Gasteiger partial charge in [0, 0.05) is 6.26 Å². The summed E-state index contributed by atoms with van der Waals surface area (Å²) in [7, 11) is -3.39. The summed E-state index contributed by atoms with van der Waals surface area (Å²) in [6.45, 7) is 0. The van der Waals surface area contributed by atoms with Gasteiger partial charge in [-0.2, -0.15) is 0 Å². The number of hydrogen-bond acceptors (Lipinski definition) is 5. The van der Waals surface area contributed by atoms with Gasteiger partial charge in [-0.1, -0.05) is 6.07 Å². The van der Waals surface area contributed by atoms with Crippen molar-refractivity contribution in [2.24, 2.45) is 0 Å². The molecule has 0 unspecified atom stereocenters. The number of aromatic nitrogens is 2. The molecule has 2 rings (SSSR count). The summed E-state index contributed by atoms with van der Waals surface area (Å²) in [5.41, 5.74) is -0.134. The molecule has 18 heavy (non-hydrogen) atoms. The van der Waals surface area contributed by atoms with Crippen LogP contribution in [0.25, 0.3) is 5.52 Å². The first kappa shape index (κ1) is 12.4. The second-order valence-electron chi connectivity index (χ2n) is 3.86. The number of rotatable bonds is 3. The second kappa shape index (κ2) is 3.98. The Labute approximate surface area is 102 Å². The number of pyridine rings is 1. The van der Waals surface area contributed by atoms with E-state index in [1.54, 1.807) is 0 Å². The topological polar surface area (TPSA) is 109 Å². The molecule has 0 aromatic carbocycles. The lowest BCUT2D eigenvalue weighted by atomic mass is 10.3. The van der Waals surface area contributed by atoms with Gasteiger partial charge in [0.05, 0.1) is 5.52 Å². The number of aromatic carboxylic acids is 1. The quantitative estimate of drug-likeness (QED) is 0.829. The van der Waals surface area contributed by atoms with Crippen molar-refractivity contribution in [2.45, 2.75) is 5.75 Å². The number of carboxylic acid groups (broad SMARTS) is 1. The average molecular weight is 270 g/mol. The molecule has 0 aliphatic rings. The van der Waals surface area contributed by atoms with Crippen LogP contribution in [0.1, 0.15) is 16.3 Å². The summed E-state index contributed by atoms with van der Waals surface area (Å²) < 4.78 is 23.6. The van der Waals surface area contributed by atoms with Gasteiger partial charge >= 0.3 is 5.97 Å². The molecule has 0 radical (unpaired) electrons. The standard InChI is InChI=1S/C10H10N2O5S/c1-18(16,17)5-7-11-9(10(14)15)6-3-2-4-8(13)12(6)7/h2-4,13H,5H2,1H3,(H,14,15). The van der Waals surface area contributed by atoms with E-state index in [0.29, 0.717) is 0 Å². The van der Waals surface area contributed by atoms with E-state index < -0.39 is 21.6 Å². The minimum Gasteiger partial charge on any atom is -0.494 e. The molecule has 0 saturated carbocycles. The number of carbonyl (C=O) groups is 1. The smallest absolute Gasteiger partial charge is 0.356 e. The second-order valence-corrected chi connectivity index (χ2v) is 6.00. The molecule has 2 aromatic rings. The van der Waals surface area contributed by atoms with E-state index in [9.17, 15) is 18.3 Å². The van der Waals surface area contributed by atoms with Crippen LogP contribution in [-0.2, 0) is 15.6 Å². The van der Waals surface area contributed by atoms with Crippen molar-refractivity contribution < 1.29 is 23.4 Å². The third-order valence-corrected chi connectivity index (χ3v) is 3.09. The Morgan fingerprint density at radius 2 is 2.11 bits per heavy atom. The van der Waals surface area contributed by atoms with Crippen molar-refractivity contribution in [1.29, 1.82) is 0 Å². The van der Waals surface area contributed by atoms with Crippen molar-refractivity contribution >= 4 is 21.3 Å². The molecular formula is C10H10N2O5S. The molecule has 0 aliphatic carbocycles. The van der Waals surface area contributed by atoms with Crippen LogP contribution in [-0.4, -0.2) is 40.2 Å². The molecule has 0 saturated heterocycles. The fourth-order valence-electron chi connectivity index (χ4n) is 1.68. The molecule has 96 valence electrons. The zero-order chi connectivity index (χ0) is 13.5. The van der Waals surface area contributed by atoms with Crippen molar-refractivity contribution in [2.75, 3.05) is 6.26 Å². The van der Waals surface area contributed by atoms with Crippen LogP contribution in [0, 0.1) is 0 Å². The van der Waals surface area contributed by atoms with Crippen molar-refractivity contribution in [3.63, 3.8) is 0 Å². The molecule has 2 aromatic heterocycles. The number of fused-ring (bicyclic) bond motifs is 1. The van der Waals surface area contributed by atoms with E-state index in [2.05, 4.69) is 4.98 Å². The maximum absolute atomic E-state index is 11.3. The minimum atomic E-state index is -3.39. The Morgan fingerprint density at radius 3 is 2.67 bits per heavy atom. The lowest BCUT2D eigenvalue weighted by Gasteiger charge is -2.02. The highest BCUT2D eigenvalue weighted by Gasteiger charge is 2.20. The van der Waals surface area contributed by atoms with Crippen molar-refractivity contribution in [3.8, 4) is 5.88 Å². The van der Waals surface area contributed by atoms with Crippen LogP contribution in [0.3, 0.4) is 0 Å². The summed E-state index contributed by atoms with van der Waals surface area (Å²) in [6, 6.07) is 4.23. The van der Waals surface area contributed by atoms with E-state index in [1.807, 2.05) is 0 Å². The maximum Gasteiger partial charge on any atom is 0.356 e. The minimum absolute atomic E-state index is 0.0250. The Bertz CT molecular complexity index is 732. The fourth-order valence-corrected chi connectivity index (χ4v) is 2.34. The first-order valence-corrected chi connectivity index (χ1v) is 6.96. The maximum atomic E-state index is 11.3. The van der Waals surface area contributed by atoms with Crippen molar-refractivity contribution in [3.05, 3.63) is 29.7 Å². The lowest BCUT2D eigenvalue weighted by Crippen LogP contribution is -2.05. The monoisotopic (exact) mass is 270 g/mol. The summed E-state index contributed by atoms with van der Waals surface area (Å²) >= 11 is 0. The highest BCUT2D eigenvalue weighted by molar-refractivity contribution is 7.89. The van der Waals surface area contributed by atoms with Crippen LogP contribution in [0.5, 0.6) is 5.88 Å². The summed E-state index contributed by atoms with van der Waals surface area (Å²) in [5.74, 6) is -2.01. The van der Waals surface area contributed by atoms with Gasteiger partial charge in [-0.05, 0) is 12.1 Å². The SMILES string of the molecule is CS(=O)(=O)Cc1nc(C(=O)O)c2cccc(O)n12. The van der Waals surface area contributed by atoms with Gasteiger partial charge in [0.25, 0.3) is 0 Å². The average Bonchev–Trinajstić information content (AvgIpc) is 2.56. The van der Waals surface area contributed by atoms with Crippen LogP contribution in [0.4, 0.5) is 0 Å². The number of carboxylic acids is 1. The third-order valence-electron chi connectivity index (χ3n) is 2.30. The number of hydrogen-bond donors (Lipinski definition) is 2. The molecule has 2 N–H and O–H groups in total. The molecule has 2 heterocycles. The number of sulfone groups is 1. The van der Waals surface area contributed by atoms with Gasteiger partial charge in [-0.25, -0.2) is 18.2 Å². The molecule has 7 nitrogen and oxygen atoms in total. The molecule has 0 aliphatic heterocycles. The molecule has 0 bridgehead atoms. The normalized spacial score (nSPS) is 11.8. The zero-order valence-electron chi connectivity index (χ0n) is 9.36. The van der Waals surface area contributed by atoms with E-state index >= 15 is 0 Å². The van der Waals surface area contributed by atoms with Gasteiger partial charge in [-0.3, -0.25) is 4.40 Å². The Balaban J connectivity index is 2.78. The summed E-state index contributed by atoms with van der Waals surface area (Å²) in [5, 5.41) is 18.7. The fraction of sp³-hybridized carbons (Fsp3) is 0.200. The first-order valence-electron chi connectivity index (χ1n) is 4.90. The molecule has 0 atom stereocenters. The van der Waals surface area contributed by atoms with Gasteiger partial charge in [0.15, 0.2) is 21.4 Å². The third kappa shape index (κ3) is 2.14. The Morgan fingerprint density at radius 1 is 1.44 bits per heavy atom. The highest BCUT2D eigenvalue weighted by Crippen LogP contribution is 2.21. The summed E-state index contributed by atoms with van der Waals surface area (Å²) in [6.07, 6.45) is 1.01. The molecule has 0 amide bonds. The zero-order valence-corrected chi connectivity index (χ0v) is 10.2. The van der Waals surface area contributed by atoms with E-state index in [1.165, 1.54) is 18.2 Å². The Hall–Kier alpha value is -2.09.